The molecule has 1 heterocycles. The second-order valence-corrected chi connectivity index (χ2v) is 4.31. The van der Waals surface area contributed by atoms with Crippen LogP contribution in [0.5, 0.6) is 5.75 Å². The van der Waals surface area contributed by atoms with E-state index in [0.29, 0.717) is 16.8 Å². The van der Waals surface area contributed by atoms with Gasteiger partial charge in [0.15, 0.2) is 0 Å². The normalized spacial score (nSPS) is 20.5. The third-order valence-corrected chi connectivity index (χ3v) is 2.99. The maximum Gasteiger partial charge on any atom is 0.139 e. The topological polar surface area (TPSA) is 30.5 Å². The lowest BCUT2D eigenvalue weighted by atomic mass is 10.1. The smallest absolute Gasteiger partial charge is 0.139 e. The molecule has 1 aromatic rings. The second kappa shape index (κ2) is 5.41. The van der Waals surface area contributed by atoms with E-state index in [1.54, 1.807) is 7.11 Å². The molecule has 2 rings (SSSR count). The van der Waals surface area contributed by atoms with Crippen molar-refractivity contribution >= 4 is 17.3 Å². The predicted octanol–water partition coefficient (Wildman–Crippen LogP) is 2.94. The first-order valence-corrected chi connectivity index (χ1v) is 5.85. The fourth-order valence-electron chi connectivity index (χ4n) is 1.84. The van der Waals surface area contributed by atoms with Crippen molar-refractivity contribution in [2.45, 2.75) is 18.9 Å². The van der Waals surface area contributed by atoms with Crippen LogP contribution in [-0.2, 0) is 4.74 Å². The Hall–Kier alpha value is -0.930. The minimum absolute atomic E-state index is 0.389. The van der Waals surface area contributed by atoms with Gasteiger partial charge in [-0.05, 0) is 25.0 Å². The van der Waals surface area contributed by atoms with Gasteiger partial charge in [0.05, 0.1) is 18.7 Å². The van der Waals surface area contributed by atoms with Crippen LogP contribution in [0.25, 0.3) is 0 Å². The van der Waals surface area contributed by atoms with Crippen molar-refractivity contribution in [3.63, 3.8) is 0 Å². The SMILES string of the molecule is COc1cc(NC2CCCOC2)ccc1Cl. The highest BCUT2D eigenvalue weighted by molar-refractivity contribution is 6.32. The zero-order valence-electron chi connectivity index (χ0n) is 9.33. The Labute approximate surface area is 101 Å². The van der Waals surface area contributed by atoms with Crippen LogP contribution in [0.3, 0.4) is 0 Å². The first kappa shape index (κ1) is 11.6. The first-order chi connectivity index (χ1) is 7.79. The Morgan fingerprint density at radius 1 is 1.50 bits per heavy atom. The minimum atomic E-state index is 0.389. The largest absolute Gasteiger partial charge is 0.495 e. The van der Waals surface area contributed by atoms with E-state index in [0.717, 1.165) is 31.7 Å². The van der Waals surface area contributed by atoms with Crippen molar-refractivity contribution in [2.75, 3.05) is 25.6 Å². The van der Waals surface area contributed by atoms with E-state index in [-0.39, 0.29) is 0 Å². The van der Waals surface area contributed by atoms with Crippen LogP contribution >= 0.6 is 11.6 Å². The highest BCUT2D eigenvalue weighted by atomic mass is 35.5. The molecule has 1 N–H and O–H groups in total. The van der Waals surface area contributed by atoms with Gasteiger partial charge in [0, 0.05) is 24.4 Å². The van der Waals surface area contributed by atoms with E-state index in [9.17, 15) is 0 Å². The lowest BCUT2D eigenvalue weighted by molar-refractivity contribution is 0.0876. The zero-order chi connectivity index (χ0) is 11.4. The number of hydrogen-bond donors (Lipinski definition) is 1. The Kier molecular flexibility index (Phi) is 3.91. The van der Waals surface area contributed by atoms with Crippen molar-refractivity contribution in [3.8, 4) is 5.75 Å². The number of nitrogens with one attached hydrogen (secondary N) is 1. The standard InChI is InChI=1S/C12H16ClNO2/c1-15-12-7-9(4-5-11(12)13)14-10-3-2-6-16-8-10/h4-5,7,10,14H,2-3,6,8H2,1H3. The third-order valence-electron chi connectivity index (χ3n) is 2.68. The predicted molar refractivity (Wildman–Crippen MR) is 65.5 cm³/mol. The maximum absolute atomic E-state index is 5.96. The number of rotatable bonds is 3. The number of methoxy groups -OCH3 is 1. The summed E-state index contributed by atoms with van der Waals surface area (Å²) in [7, 11) is 1.62. The van der Waals surface area contributed by atoms with Gasteiger partial charge in [0.25, 0.3) is 0 Å². The summed E-state index contributed by atoms with van der Waals surface area (Å²) in [4.78, 5) is 0. The molecule has 1 fully saturated rings. The van der Waals surface area contributed by atoms with Gasteiger partial charge in [0.1, 0.15) is 5.75 Å². The molecule has 4 heteroatoms. The molecule has 0 aliphatic carbocycles. The fourth-order valence-corrected chi connectivity index (χ4v) is 2.03. The Balaban J connectivity index is 2.03. The van der Waals surface area contributed by atoms with Crippen LogP contribution in [0.2, 0.25) is 5.02 Å². The van der Waals surface area contributed by atoms with Gasteiger partial charge in [-0.1, -0.05) is 11.6 Å². The van der Waals surface area contributed by atoms with Crippen LogP contribution in [0.15, 0.2) is 18.2 Å². The summed E-state index contributed by atoms with van der Waals surface area (Å²) in [6, 6.07) is 6.10. The molecule has 16 heavy (non-hydrogen) atoms. The summed E-state index contributed by atoms with van der Waals surface area (Å²) in [5.41, 5.74) is 1.02. The number of benzene rings is 1. The van der Waals surface area contributed by atoms with E-state index in [4.69, 9.17) is 21.1 Å². The van der Waals surface area contributed by atoms with Gasteiger partial charge in [0.2, 0.25) is 0 Å². The zero-order valence-corrected chi connectivity index (χ0v) is 10.1. The summed E-state index contributed by atoms with van der Waals surface area (Å²) in [5, 5.41) is 4.05. The monoisotopic (exact) mass is 241 g/mol. The van der Waals surface area contributed by atoms with E-state index in [1.165, 1.54) is 0 Å². The molecule has 1 aromatic carbocycles. The van der Waals surface area contributed by atoms with Crippen molar-refractivity contribution in [1.29, 1.82) is 0 Å². The van der Waals surface area contributed by atoms with Crippen molar-refractivity contribution < 1.29 is 9.47 Å². The number of ether oxygens (including phenoxy) is 2. The molecule has 3 nitrogen and oxygen atoms in total. The number of halogens is 1. The minimum Gasteiger partial charge on any atom is -0.495 e. The van der Waals surface area contributed by atoms with E-state index in [1.807, 2.05) is 18.2 Å². The van der Waals surface area contributed by atoms with Crippen LogP contribution in [0.1, 0.15) is 12.8 Å². The molecule has 1 saturated heterocycles. The molecule has 0 bridgehead atoms. The third kappa shape index (κ3) is 2.80. The van der Waals surface area contributed by atoms with Crippen molar-refractivity contribution in [1.82, 2.24) is 0 Å². The van der Waals surface area contributed by atoms with Gasteiger partial charge < -0.3 is 14.8 Å². The van der Waals surface area contributed by atoms with Crippen LogP contribution < -0.4 is 10.1 Å². The highest BCUT2D eigenvalue weighted by Crippen LogP contribution is 2.28. The maximum atomic E-state index is 5.96. The molecule has 1 unspecified atom stereocenters. The van der Waals surface area contributed by atoms with Gasteiger partial charge in [-0.15, -0.1) is 0 Å². The van der Waals surface area contributed by atoms with Crippen LogP contribution in [0, 0.1) is 0 Å². The lowest BCUT2D eigenvalue weighted by Crippen LogP contribution is -2.29. The number of hydrogen-bond acceptors (Lipinski definition) is 3. The molecular formula is C12H16ClNO2. The molecule has 1 aliphatic rings. The van der Waals surface area contributed by atoms with Crippen molar-refractivity contribution in [3.05, 3.63) is 23.2 Å². The van der Waals surface area contributed by atoms with E-state index in [2.05, 4.69) is 5.32 Å². The summed E-state index contributed by atoms with van der Waals surface area (Å²) in [5.74, 6) is 0.698. The van der Waals surface area contributed by atoms with Crippen LogP contribution in [0.4, 0.5) is 5.69 Å². The molecule has 1 atom stereocenters. The molecule has 0 radical (unpaired) electrons. The fraction of sp³-hybridized carbons (Fsp3) is 0.500. The van der Waals surface area contributed by atoms with Gasteiger partial charge >= 0.3 is 0 Å². The molecule has 0 saturated carbocycles. The van der Waals surface area contributed by atoms with E-state index >= 15 is 0 Å². The Morgan fingerprint density at radius 3 is 3.06 bits per heavy atom. The summed E-state index contributed by atoms with van der Waals surface area (Å²) < 4.78 is 10.6. The van der Waals surface area contributed by atoms with Gasteiger partial charge in [-0.2, -0.15) is 0 Å². The quantitative estimate of drug-likeness (QED) is 0.883. The molecule has 1 aliphatic heterocycles. The lowest BCUT2D eigenvalue weighted by Gasteiger charge is -2.24. The molecule has 0 spiro atoms. The molecule has 0 aromatic heterocycles. The first-order valence-electron chi connectivity index (χ1n) is 5.47. The average Bonchev–Trinajstić information content (AvgIpc) is 2.33. The summed E-state index contributed by atoms with van der Waals surface area (Å²) >= 11 is 5.96. The molecular weight excluding hydrogens is 226 g/mol. The van der Waals surface area contributed by atoms with Gasteiger partial charge in [-0.3, -0.25) is 0 Å². The highest BCUT2D eigenvalue weighted by Gasteiger charge is 2.13. The average molecular weight is 242 g/mol. The van der Waals surface area contributed by atoms with Gasteiger partial charge in [-0.25, -0.2) is 0 Å². The molecule has 88 valence electrons. The summed E-state index contributed by atoms with van der Waals surface area (Å²) in [6.45, 7) is 1.65. The van der Waals surface area contributed by atoms with Crippen LogP contribution in [-0.4, -0.2) is 26.4 Å². The van der Waals surface area contributed by atoms with Crippen molar-refractivity contribution in [2.24, 2.45) is 0 Å². The molecule has 0 amide bonds. The Morgan fingerprint density at radius 2 is 2.38 bits per heavy atom. The summed E-state index contributed by atoms with van der Waals surface area (Å²) in [6.07, 6.45) is 2.26. The second-order valence-electron chi connectivity index (χ2n) is 3.91. The van der Waals surface area contributed by atoms with E-state index < -0.39 is 0 Å². The Bertz CT molecular complexity index is 351. The number of anilines is 1.